The fourth-order valence-electron chi connectivity index (χ4n) is 4.75. The number of benzene rings is 2. The van der Waals surface area contributed by atoms with E-state index >= 15 is 0 Å². The van der Waals surface area contributed by atoms with E-state index in [-0.39, 0.29) is 17.2 Å². The van der Waals surface area contributed by atoms with Gasteiger partial charge in [-0.25, -0.2) is 4.79 Å². The average Bonchev–Trinajstić information content (AvgIpc) is 3.31. The van der Waals surface area contributed by atoms with Crippen molar-refractivity contribution in [1.82, 2.24) is 5.32 Å². The van der Waals surface area contributed by atoms with E-state index in [9.17, 15) is 9.59 Å². The van der Waals surface area contributed by atoms with Gasteiger partial charge >= 0.3 is 5.97 Å². The van der Waals surface area contributed by atoms with Crippen LogP contribution in [0.1, 0.15) is 55.7 Å². The Morgan fingerprint density at radius 3 is 2.24 bits per heavy atom. The highest BCUT2D eigenvalue weighted by Crippen LogP contribution is 2.42. The molecule has 2 N–H and O–H groups in total. The number of rotatable bonds is 7. The molecule has 9 nitrogen and oxygen atoms in total. The van der Waals surface area contributed by atoms with Gasteiger partial charge in [0.15, 0.2) is 23.0 Å². The van der Waals surface area contributed by atoms with Crippen molar-refractivity contribution in [2.75, 3.05) is 33.8 Å². The molecule has 1 aliphatic carbocycles. The van der Waals surface area contributed by atoms with Crippen LogP contribution in [0.4, 0.5) is 5.00 Å². The van der Waals surface area contributed by atoms with Gasteiger partial charge in [-0.15, -0.1) is 11.3 Å². The fourth-order valence-corrected chi connectivity index (χ4v) is 6.07. The van der Waals surface area contributed by atoms with E-state index in [4.69, 9.17) is 23.7 Å². The number of nitrogens with one attached hydrogen (secondary N) is 2. The van der Waals surface area contributed by atoms with Crippen LogP contribution in [0.25, 0.3) is 0 Å². The van der Waals surface area contributed by atoms with Gasteiger partial charge in [-0.05, 0) is 61.1 Å². The molecule has 2 aliphatic rings. The van der Waals surface area contributed by atoms with Crippen molar-refractivity contribution in [1.29, 1.82) is 0 Å². The molecule has 1 aromatic heterocycles. The summed E-state index contributed by atoms with van der Waals surface area (Å²) in [5.41, 5.74) is 2.95. The summed E-state index contributed by atoms with van der Waals surface area (Å²) in [6.45, 7) is 0. The van der Waals surface area contributed by atoms with Gasteiger partial charge in [0.1, 0.15) is 11.2 Å². The van der Waals surface area contributed by atoms with Crippen molar-refractivity contribution in [3.8, 4) is 28.7 Å². The van der Waals surface area contributed by atoms with E-state index in [2.05, 4.69) is 10.6 Å². The van der Waals surface area contributed by atoms with Gasteiger partial charge in [0, 0.05) is 4.88 Å². The second kappa shape index (κ2) is 10.2. The molecule has 1 atom stereocenters. The Balaban J connectivity index is 1.38. The summed E-state index contributed by atoms with van der Waals surface area (Å²) in [6, 6.07) is 8.21. The Labute approximate surface area is 218 Å². The maximum Gasteiger partial charge on any atom is 0.343 e. The summed E-state index contributed by atoms with van der Waals surface area (Å²) in [7, 11) is 5.93. The number of aryl methyl sites for hydroxylation is 1. The molecule has 194 valence electrons. The lowest BCUT2D eigenvalue weighted by atomic mass is 9.94. The van der Waals surface area contributed by atoms with E-state index < -0.39 is 12.1 Å². The van der Waals surface area contributed by atoms with Crippen LogP contribution in [0.15, 0.2) is 30.3 Å². The SMILES string of the molecule is COc1cc([C@@H]2NC(=O)c3c(sc4c3CCCC4)N2)ccc1OC(=O)c1cc(OC)c(OC)c(OC)c1. The first-order chi connectivity index (χ1) is 18.0. The molecule has 1 amide bonds. The van der Waals surface area contributed by atoms with Gasteiger partial charge in [-0.3, -0.25) is 4.79 Å². The molecule has 2 heterocycles. The number of carbonyl (C=O) groups is 2. The second-order valence-electron chi connectivity index (χ2n) is 8.68. The Bertz CT molecular complexity index is 1340. The highest BCUT2D eigenvalue weighted by molar-refractivity contribution is 7.16. The third-order valence-electron chi connectivity index (χ3n) is 6.57. The molecule has 0 saturated heterocycles. The quantitative estimate of drug-likeness (QED) is 0.338. The minimum Gasteiger partial charge on any atom is -0.493 e. The number of anilines is 1. The van der Waals surface area contributed by atoms with Crippen molar-refractivity contribution >= 4 is 28.2 Å². The number of hydrogen-bond acceptors (Lipinski definition) is 9. The van der Waals surface area contributed by atoms with Crippen molar-refractivity contribution in [3.05, 3.63) is 57.5 Å². The number of amides is 1. The molecule has 2 aromatic carbocycles. The van der Waals surface area contributed by atoms with Gasteiger partial charge in [-0.2, -0.15) is 0 Å². The summed E-state index contributed by atoms with van der Waals surface area (Å²) < 4.78 is 27.1. The number of methoxy groups -OCH3 is 4. The highest BCUT2D eigenvalue weighted by Gasteiger charge is 2.32. The van der Waals surface area contributed by atoms with Crippen molar-refractivity contribution < 1.29 is 33.3 Å². The molecule has 0 spiro atoms. The maximum absolute atomic E-state index is 13.0. The Kier molecular flexibility index (Phi) is 6.84. The van der Waals surface area contributed by atoms with Crippen LogP contribution in [0.3, 0.4) is 0 Å². The van der Waals surface area contributed by atoms with Crippen LogP contribution in [0.5, 0.6) is 28.7 Å². The lowest BCUT2D eigenvalue weighted by Gasteiger charge is -2.27. The largest absolute Gasteiger partial charge is 0.493 e. The van der Waals surface area contributed by atoms with Crippen LogP contribution in [-0.4, -0.2) is 40.3 Å². The number of esters is 1. The second-order valence-corrected chi connectivity index (χ2v) is 9.78. The van der Waals surface area contributed by atoms with Gasteiger partial charge < -0.3 is 34.3 Å². The molecular weight excluding hydrogens is 496 g/mol. The van der Waals surface area contributed by atoms with E-state index in [1.807, 2.05) is 0 Å². The predicted molar refractivity (Wildman–Crippen MR) is 139 cm³/mol. The molecule has 3 aromatic rings. The van der Waals surface area contributed by atoms with Gasteiger partial charge in [0.05, 0.1) is 39.6 Å². The predicted octanol–water partition coefficient (Wildman–Crippen LogP) is 4.73. The van der Waals surface area contributed by atoms with Crippen LogP contribution in [-0.2, 0) is 12.8 Å². The molecule has 5 rings (SSSR count). The third kappa shape index (κ3) is 4.53. The molecule has 0 fully saturated rings. The zero-order valence-corrected chi connectivity index (χ0v) is 21.9. The molecule has 0 unspecified atom stereocenters. The van der Waals surface area contributed by atoms with Crippen molar-refractivity contribution in [2.24, 2.45) is 0 Å². The number of ether oxygens (including phenoxy) is 5. The van der Waals surface area contributed by atoms with E-state index in [1.54, 1.807) is 29.5 Å². The number of hydrogen-bond donors (Lipinski definition) is 2. The van der Waals surface area contributed by atoms with Crippen molar-refractivity contribution in [3.63, 3.8) is 0 Å². The fraction of sp³-hybridized carbons (Fsp3) is 0.333. The smallest absolute Gasteiger partial charge is 0.343 e. The van der Waals surface area contributed by atoms with Crippen LogP contribution in [0.2, 0.25) is 0 Å². The summed E-state index contributed by atoms with van der Waals surface area (Å²) in [6.07, 6.45) is 3.80. The molecule has 10 heteroatoms. The van der Waals surface area contributed by atoms with Gasteiger partial charge in [0.2, 0.25) is 5.75 Å². The third-order valence-corrected chi connectivity index (χ3v) is 7.80. The molecular formula is C27H28N2O7S. The molecule has 1 aliphatic heterocycles. The number of thiophene rings is 1. The summed E-state index contributed by atoms with van der Waals surface area (Å²) in [5, 5.41) is 7.41. The highest BCUT2D eigenvalue weighted by atomic mass is 32.1. The Hall–Kier alpha value is -3.92. The maximum atomic E-state index is 13.0. The van der Waals surface area contributed by atoms with Gasteiger partial charge in [0.25, 0.3) is 5.91 Å². The summed E-state index contributed by atoms with van der Waals surface area (Å²) >= 11 is 1.67. The minimum atomic E-state index is -0.622. The standard InChI is InChI=1S/C27H28N2O7S/c1-32-18-11-14(24-28-25(30)22-16-7-5-6-8-21(16)37-26(22)29-24)9-10-17(18)36-27(31)15-12-19(33-2)23(35-4)20(13-15)34-3/h9-13,24,29H,5-8H2,1-4H3,(H,28,30)/t24-/m1/s1. The van der Waals surface area contributed by atoms with Crippen LogP contribution < -0.4 is 34.3 Å². The van der Waals surface area contributed by atoms with E-state index in [0.29, 0.717) is 23.0 Å². The number of fused-ring (bicyclic) bond motifs is 3. The molecule has 37 heavy (non-hydrogen) atoms. The lowest BCUT2D eigenvalue weighted by molar-refractivity contribution is 0.0728. The van der Waals surface area contributed by atoms with Crippen LogP contribution in [0, 0.1) is 0 Å². The normalized spacial score (nSPS) is 16.0. The Morgan fingerprint density at radius 2 is 1.57 bits per heavy atom. The molecule has 0 saturated carbocycles. The number of carbonyl (C=O) groups excluding carboxylic acids is 2. The topological polar surface area (TPSA) is 104 Å². The van der Waals surface area contributed by atoms with Crippen LogP contribution >= 0.6 is 11.3 Å². The zero-order valence-electron chi connectivity index (χ0n) is 21.1. The minimum absolute atomic E-state index is 0.0741. The van der Waals surface area contributed by atoms with E-state index in [1.165, 1.54) is 51.0 Å². The van der Waals surface area contributed by atoms with E-state index in [0.717, 1.165) is 41.8 Å². The lowest BCUT2D eigenvalue weighted by Crippen LogP contribution is -2.38. The average molecular weight is 525 g/mol. The van der Waals surface area contributed by atoms with Crippen molar-refractivity contribution in [2.45, 2.75) is 31.8 Å². The molecule has 0 radical (unpaired) electrons. The zero-order chi connectivity index (χ0) is 26.1. The first-order valence-electron chi connectivity index (χ1n) is 11.9. The first-order valence-corrected chi connectivity index (χ1v) is 12.7. The summed E-state index contributed by atoms with van der Waals surface area (Å²) in [5.74, 6) is 0.943. The first kappa shape index (κ1) is 24.8. The van der Waals surface area contributed by atoms with Gasteiger partial charge in [-0.1, -0.05) is 6.07 Å². The monoisotopic (exact) mass is 524 g/mol. The summed E-state index contributed by atoms with van der Waals surface area (Å²) in [4.78, 5) is 27.3. The molecule has 0 bridgehead atoms. The Morgan fingerprint density at radius 1 is 0.865 bits per heavy atom.